The first kappa shape index (κ1) is 18.3. The van der Waals surface area contributed by atoms with Crippen molar-refractivity contribution in [1.82, 2.24) is 10.2 Å². The number of carbonyl (C=O) groups is 1. The maximum absolute atomic E-state index is 11.7. The van der Waals surface area contributed by atoms with E-state index < -0.39 is 0 Å². The Labute approximate surface area is 167 Å². The zero-order valence-corrected chi connectivity index (χ0v) is 16.9. The largest absolute Gasteiger partial charge is 0.486 e. The first-order chi connectivity index (χ1) is 13.1. The number of hydrogen-bond acceptors (Lipinski definition) is 4. The van der Waals surface area contributed by atoms with Crippen molar-refractivity contribution in [3.63, 3.8) is 0 Å². The molecule has 0 aromatic heterocycles. The smallest absolute Gasteiger partial charge is 0.251 e. The van der Waals surface area contributed by atoms with Crippen molar-refractivity contribution in [3.8, 4) is 11.5 Å². The Morgan fingerprint density at radius 3 is 2.41 bits per heavy atom. The third-order valence-electron chi connectivity index (χ3n) is 4.98. The van der Waals surface area contributed by atoms with E-state index in [1.165, 1.54) is 24.0 Å². The number of hydrogen-bond donors (Lipinski definition) is 1. The number of nitrogens with one attached hydrogen (secondary N) is 1. The molecule has 0 bridgehead atoms. The second-order valence-electron chi connectivity index (χ2n) is 7.00. The molecule has 5 nitrogen and oxygen atoms in total. The van der Waals surface area contributed by atoms with Crippen LogP contribution in [-0.2, 0) is 13.1 Å². The van der Waals surface area contributed by atoms with Crippen LogP contribution in [0.2, 0.25) is 0 Å². The molecule has 0 atom stereocenters. The number of ether oxygens (including phenoxy) is 2. The number of rotatable bonds is 6. The van der Waals surface area contributed by atoms with Crippen molar-refractivity contribution in [3.05, 3.63) is 57.6 Å². The molecule has 1 saturated carbocycles. The average molecular weight is 431 g/mol. The Bertz CT molecular complexity index is 834. The predicted molar refractivity (Wildman–Crippen MR) is 107 cm³/mol. The van der Waals surface area contributed by atoms with Gasteiger partial charge in [0.15, 0.2) is 11.5 Å². The van der Waals surface area contributed by atoms with E-state index in [4.69, 9.17) is 9.47 Å². The number of nitrogens with zero attached hydrogens (tertiary/aromatic N) is 1. The first-order valence-corrected chi connectivity index (χ1v) is 10.1. The molecule has 1 aliphatic heterocycles. The van der Waals surface area contributed by atoms with E-state index in [1.807, 2.05) is 30.3 Å². The Kier molecular flexibility index (Phi) is 5.36. The maximum Gasteiger partial charge on any atom is 0.251 e. The van der Waals surface area contributed by atoms with Gasteiger partial charge in [0.25, 0.3) is 5.91 Å². The second-order valence-corrected chi connectivity index (χ2v) is 7.85. The third-order valence-corrected chi connectivity index (χ3v) is 5.71. The van der Waals surface area contributed by atoms with Crippen LogP contribution in [-0.4, -0.2) is 37.1 Å². The molecule has 1 N–H and O–H groups in total. The summed E-state index contributed by atoms with van der Waals surface area (Å²) in [6.07, 6.45) is 2.47. The van der Waals surface area contributed by atoms with E-state index in [-0.39, 0.29) is 5.91 Å². The van der Waals surface area contributed by atoms with Gasteiger partial charge in [-0.25, -0.2) is 0 Å². The monoisotopic (exact) mass is 430 g/mol. The zero-order valence-electron chi connectivity index (χ0n) is 15.3. The Morgan fingerprint density at radius 2 is 1.78 bits per heavy atom. The van der Waals surface area contributed by atoms with Crippen molar-refractivity contribution in [1.29, 1.82) is 0 Å². The molecular formula is C21H23BrN2O3. The highest BCUT2D eigenvalue weighted by Crippen LogP contribution is 2.38. The lowest BCUT2D eigenvalue weighted by Crippen LogP contribution is -2.25. The van der Waals surface area contributed by atoms with Crippen LogP contribution in [0.1, 0.15) is 34.3 Å². The highest BCUT2D eigenvalue weighted by molar-refractivity contribution is 9.10. The molecule has 1 amide bonds. The fraction of sp³-hybridized carbons (Fsp3) is 0.381. The van der Waals surface area contributed by atoms with Crippen LogP contribution in [0.3, 0.4) is 0 Å². The Hall–Kier alpha value is -2.05. The summed E-state index contributed by atoms with van der Waals surface area (Å²) >= 11 is 3.69. The van der Waals surface area contributed by atoms with Gasteiger partial charge in [-0.15, -0.1) is 0 Å². The van der Waals surface area contributed by atoms with Gasteiger partial charge in [-0.1, -0.05) is 28.1 Å². The second kappa shape index (κ2) is 7.90. The molecule has 0 spiro atoms. The summed E-state index contributed by atoms with van der Waals surface area (Å²) in [6, 6.07) is 12.6. The van der Waals surface area contributed by atoms with Crippen molar-refractivity contribution in [2.24, 2.45) is 0 Å². The summed E-state index contributed by atoms with van der Waals surface area (Å²) < 4.78 is 12.4. The van der Waals surface area contributed by atoms with Crippen LogP contribution >= 0.6 is 15.9 Å². The van der Waals surface area contributed by atoms with Crippen molar-refractivity contribution < 1.29 is 14.3 Å². The fourth-order valence-corrected chi connectivity index (χ4v) is 3.79. The third kappa shape index (κ3) is 4.28. The lowest BCUT2D eigenvalue weighted by atomic mass is 10.1. The van der Waals surface area contributed by atoms with Gasteiger partial charge < -0.3 is 14.8 Å². The van der Waals surface area contributed by atoms with Gasteiger partial charge in [0, 0.05) is 36.2 Å². The summed E-state index contributed by atoms with van der Waals surface area (Å²) in [6.45, 7) is 2.90. The van der Waals surface area contributed by atoms with Crippen LogP contribution in [0.5, 0.6) is 11.5 Å². The van der Waals surface area contributed by atoms with Gasteiger partial charge in [-0.05, 0) is 48.2 Å². The summed E-state index contributed by atoms with van der Waals surface area (Å²) in [5.74, 6) is 1.57. The molecule has 6 heteroatoms. The fourth-order valence-electron chi connectivity index (χ4n) is 3.34. The number of halogens is 1. The van der Waals surface area contributed by atoms with Gasteiger partial charge >= 0.3 is 0 Å². The minimum atomic E-state index is -0.0548. The zero-order chi connectivity index (χ0) is 18.8. The lowest BCUT2D eigenvalue weighted by Gasteiger charge is -2.25. The number of fused-ring (bicyclic) bond motifs is 1. The molecule has 0 saturated heterocycles. The quantitative estimate of drug-likeness (QED) is 0.757. The van der Waals surface area contributed by atoms with Crippen LogP contribution in [0.25, 0.3) is 0 Å². The summed E-state index contributed by atoms with van der Waals surface area (Å²) in [5, 5.41) is 2.66. The van der Waals surface area contributed by atoms with Crippen LogP contribution in [0.4, 0.5) is 0 Å². The summed E-state index contributed by atoms with van der Waals surface area (Å²) in [5.41, 5.74) is 3.10. The molecule has 2 aromatic rings. The summed E-state index contributed by atoms with van der Waals surface area (Å²) in [4.78, 5) is 14.2. The SMILES string of the molecule is CNC(=O)c1ccc(CN(Cc2cc3c(cc2Br)OCCO3)C2CC2)cc1. The van der Waals surface area contributed by atoms with E-state index in [9.17, 15) is 4.79 Å². The van der Waals surface area contributed by atoms with Gasteiger partial charge in [0.2, 0.25) is 0 Å². The highest BCUT2D eigenvalue weighted by atomic mass is 79.9. The topological polar surface area (TPSA) is 50.8 Å². The predicted octanol–water partition coefficient (Wildman–Crippen LogP) is 3.74. The molecule has 27 heavy (non-hydrogen) atoms. The molecule has 1 fully saturated rings. The minimum Gasteiger partial charge on any atom is -0.486 e. The van der Waals surface area contributed by atoms with E-state index in [1.54, 1.807) is 7.05 Å². The first-order valence-electron chi connectivity index (χ1n) is 9.27. The maximum atomic E-state index is 11.7. The molecule has 2 aromatic carbocycles. The van der Waals surface area contributed by atoms with Gasteiger partial charge in [-0.3, -0.25) is 9.69 Å². The van der Waals surface area contributed by atoms with Crippen molar-refractivity contribution in [2.75, 3.05) is 20.3 Å². The van der Waals surface area contributed by atoms with Gasteiger partial charge in [0.1, 0.15) is 13.2 Å². The normalized spacial score (nSPS) is 15.7. The Morgan fingerprint density at radius 1 is 1.11 bits per heavy atom. The van der Waals surface area contributed by atoms with Crippen LogP contribution < -0.4 is 14.8 Å². The minimum absolute atomic E-state index is 0.0548. The van der Waals surface area contributed by atoms with Crippen molar-refractivity contribution >= 4 is 21.8 Å². The molecular weight excluding hydrogens is 408 g/mol. The van der Waals surface area contributed by atoms with E-state index >= 15 is 0 Å². The number of carbonyl (C=O) groups excluding carboxylic acids is 1. The van der Waals surface area contributed by atoms with E-state index in [2.05, 4.69) is 32.2 Å². The van der Waals surface area contributed by atoms with Gasteiger partial charge in [-0.2, -0.15) is 0 Å². The van der Waals surface area contributed by atoms with E-state index in [0.29, 0.717) is 24.8 Å². The average Bonchev–Trinajstić information content (AvgIpc) is 3.53. The molecule has 0 unspecified atom stereocenters. The van der Waals surface area contributed by atoms with Crippen LogP contribution in [0, 0.1) is 0 Å². The van der Waals surface area contributed by atoms with Gasteiger partial charge in [0.05, 0.1) is 0 Å². The standard InChI is InChI=1S/C21H23BrN2O3/c1-23-21(25)15-4-2-14(3-5-15)12-24(17-6-7-17)13-16-10-19-20(11-18(16)22)27-9-8-26-19/h2-5,10-11,17H,6-9,12-13H2,1H3,(H,23,25). The molecule has 4 rings (SSSR count). The summed E-state index contributed by atoms with van der Waals surface area (Å²) in [7, 11) is 1.65. The molecule has 142 valence electrons. The number of benzene rings is 2. The van der Waals surface area contributed by atoms with Crippen LogP contribution in [0.15, 0.2) is 40.9 Å². The van der Waals surface area contributed by atoms with Crippen molar-refractivity contribution in [2.45, 2.75) is 32.0 Å². The van der Waals surface area contributed by atoms with E-state index in [0.717, 1.165) is 29.1 Å². The lowest BCUT2D eigenvalue weighted by molar-refractivity contribution is 0.0963. The highest BCUT2D eigenvalue weighted by Gasteiger charge is 2.30. The molecule has 1 aliphatic carbocycles. The Balaban J connectivity index is 1.50. The molecule has 0 radical (unpaired) electrons. The molecule has 1 heterocycles. The molecule has 2 aliphatic rings. The number of amides is 1.